The fourth-order valence-corrected chi connectivity index (χ4v) is 1.76. The van der Waals surface area contributed by atoms with Gasteiger partial charge in [0.25, 0.3) is 5.91 Å². The van der Waals surface area contributed by atoms with Gasteiger partial charge in [0.2, 0.25) is 0 Å². The third kappa shape index (κ3) is 3.20. The first-order chi connectivity index (χ1) is 9.72. The molecule has 0 spiro atoms. The van der Waals surface area contributed by atoms with Crippen LogP contribution in [-0.2, 0) is 9.53 Å². The molecule has 2 aromatic rings. The van der Waals surface area contributed by atoms with E-state index in [-0.39, 0.29) is 5.91 Å². The molecule has 0 aliphatic heterocycles. The van der Waals surface area contributed by atoms with Crippen molar-refractivity contribution in [2.24, 2.45) is 0 Å². The van der Waals surface area contributed by atoms with Gasteiger partial charge in [0.1, 0.15) is 0 Å². The van der Waals surface area contributed by atoms with Gasteiger partial charge in [-0.05, 0) is 17.7 Å². The Morgan fingerprint density at radius 3 is 2.35 bits per heavy atom. The summed E-state index contributed by atoms with van der Waals surface area (Å²) >= 11 is 0. The van der Waals surface area contributed by atoms with Crippen molar-refractivity contribution in [3.8, 4) is 0 Å². The highest BCUT2D eigenvalue weighted by Gasteiger charge is 2.23. The van der Waals surface area contributed by atoms with E-state index in [9.17, 15) is 9.59 Å². The maximum Gasteiger partial charge on any atom is 0.333 e. The van der Waals surface area contributed by atoms with Crippen molar-refractivity contribution in [3.05, 3.63) is 66.0 Å². The molecule has 1 heterocycles. The van der Waals surface area contributed by atoms with E-state index in [2.05, 4.69) is 10.3 Å². The van der Waals surface area contributed by atoms with E-state index in [1.807, 2.05) is 6.07 Å². The Bertz CT molecular complexity index is 585. The smallest absolute Gasteiger partial charge is 0.333 e. The predicted molar refractivity (Wildman–Crippen MR) is 72.9 cm³/mol. The molecule has 1 aromatic heterocycles. The SMILES string of the molecule is COC(=O)C(NC(=O)c1ccncc1)c1ccccc1. The van der Waals surface area contributed by atoms with Gasteiger partial charge in [-0.1, -0.05) is 30.3 Å². The normalized spacial score (nSPS) is 11.4. The van der Waals surface area contributed by atoms with Crippen LogP contribution in [0.3, 0.4) is 0 Å². The van der Waals surface area contributed by atoms with E-state index in [0.717, 1.165) is 0 Å². The fraction of sp³-hybridized carbons (Fsp3) is 0.133. The van der Waals surface area contributed by atoms with Crippen LogP contribution in [0.4, 0.5) is 0 Å². The number of amides is 1. The average Bonchev–Trinajstić information content (AvgIpc) is 2.53. The summed E-state index contributed by atoms with van der Waals surface area (Å²) in [5.41, 5.74) is 1.10. The monoisotopic (exact) mass is 270 g/mol. The van der Waals surface area contributed by atoms with Crippen LogP contribution in [0, 0.1) is 0 Å². The van der Waals surface area contributed by atoms with Crippen LogP contribution < -0.4 is 5.32 Å². The summed E-state index contributed by atoms with van der Waals surface area (Å²) in [4.78, 5) is 27.8. The maximum absolute atomic E-state index is 12.1. The summed E-state index contributed by atoms with van der Waals surface area (Å²) in [6.45, 7) is 0. The highest BCUT2D eigenvalue weighted by Crippen LogP contribution is 2.15. The zero-order valence-corrected chi connectivity index (χ0v) is 10.9. The molecule has 5 heteroatoms. The minimum Gasteiger partial charge on any atom is -0.467 e. The molecule has 2 rings (SSSR count). The van der Waals surface area contributed by atoms with Gasteiger partial charge in [0, 0.05) is 18.0 Å². The van der Waals surface area contributed by atoms with Gasteiger partial charge < -0.3 is 10.1 Å². The summed E-state index contributed by atoms with van der Waals surface area (Å²) in [6, 6.07) is 11.3. The van der Waals surface area contributed by atoms with Crippen molar-refractivity contribution >= 4 is 11.9 Å². The van der Waals surface area contributed by atoms with Crippen molar-refractivity contribution in [3.63, 3.8) is 0 Å². The number of methoxy groups -OCH3 is 1. The molecule has 0 radical (unpaired) electrons. The lowest BCUT2D eigenvalue weighted by atomic mass is 10.1. The lowest BCUT2D eigenvalue weighted by Gasteiger charge is -2.16. The van der Waals surface area contributed by atoms with E-state index in [1.165, 1.54) is 19.5 Å². The van der Waals surface area contributed by atoms with Gasteiger partial charge in [-0.2, -0.15) is 0 Å². The molecular formula is C15H14N2O3. The largest absolute Gasteiger partial charge is 0.467 e. The second-order valence-electron chi connectivity index (χ2n) is 4.08. The number of esters is 1. The van der Waals surface area contributed by atoms with E-state index >= 15 is 0 Å². The number of carbonyl (C=O) groups is 2. The number of nitrogens with one attached hydrogen (secondary N) is 1. The second-order valence-corrected chi connectivity index (χ2v) is 4.08. The summed E-state index contributed by atoms with van der Waals surface area (Å²) < 4.78 is 4.74. The van der Waals surface area contributed by atoms with E-state index in [0.29, 0.717) is 11.1 Å². The van der Waals surface area contributed by atoms with Gasteiger partial charge in [-0.15, -0.1) is 0 Å². The Hall–Kier alpha value is -2.69. The number of ether oxygens (including phenoxy) is 1. The molecule has 0 saturated carbocycles. The van der Waals surface area contributed by atoms with Gasteiger partial charge in [-0.25, -0.2) is 4.79 Å². The number of nitrogens with zero attached hydrogens (tertiary/aromatic N) is 1. The third-order valence-corrected chi connectivity index (χ3v) is 2.79. The topological polar surface area (TPSA) is 68.3 Å². The molecule has 0 saturated heterocycles. The molecule has 0 bridgehead atoms. The van der Waals surface area contributed by atoms with Crippen molar-refractivity contribution in [2.45, 2.75) is 6.04 Å². The Balaban J connectivity index is 2.21. The molecule has 0 aliphatic rings. The molecule has 0 fully saturated rings. The van der Waals surface area contributed by atoms with Crippen molar-refractivity contribution in [1.29, 1.82) is 0 Å². The van der Waals surface area contributed by atoms with Crippen LogP contribution in [0.1, 0.15) is 22.0 Å². The molecule has 5 nitrogen and oxygen atoms in total. The zero-order valence-electron chi connectivity index (χ0n) is 10.9. The second kappa shape index (κ2) is 6.47. The van der Waals surface area contributed by atoms with Crippen LogP contribution in [-0.4, -0.2) is 24.0 Å². The lowest BCUT2D eigenvalue weighted by Crippen LogP contribution is -2.34. The van der Waals surface area contributed by atoms with Crippen molar-refractivity contribution < 1.29 is 14.3 Å². The molecule has 1 unspecified atom stereocenters. The van der Waals surface area contributed by atoms with Crippen LogP contribution in [0.15, 0.2) is 54.9 Å². The Kier molecular flexibility index (Phi) is 4.44. The Morgan fingerprint density at radius 2 is 1.75 bits per heavy atom. The minimum absolute atomic E-state index is 0.355. The number of pyridine rings is 1. The number of benzene rings is 1. The van der Waals surface area contributed by atoms with E-state index in [4.69, 9.17) is 4.74 Å². The third-order valence-electron chi connectivity index (χ3n) is 2.79. The quantitative estimate of drug-likeness (QED) is 0.859. The Labute approximate surface area is 116 Å². The van der Waals surface area contributed by atoms with Crippen LogP contribution in [0.25, 0.3) is 0 Å². The first-order valence-corrected chi connectivity index (χ1v) is 6.06. The number of aromatic nitrogens is 1. The Morgan fingerprint density at radius 1 is 1.10 bits per heavy atom. The maximum atomic E-state index is 12.1. The molecule has 20 heavy (non-hydrogen) atoms. The molecule has 1 aromatic carbocycles. The first kappa shape index (κ1) is 13.7. The van der Waals surface area contributed by atoms with Crippen LogP contribution in [0.2, 0.25) is 0 Å². The molecule has 0 aliphatic carbocycles. The lowest BCUT2D eigenvalue weighted by molar-refractivity contribution is -0.143. The fourth-order valence-electron chi connectivity index (χ4n) is 1.76. The van der Waals surface area contributed by atoms with Gasteiger partial charge in [0.05, 0.1) is 7.11 Å². The van der Waals surface area contributed by atoms with Crippen molar-refractivity contribution in [2.75, 3.05) is 7.11 Å². The number of hydrogen-bond acceptors (Lipinski definition) is 4. The highest BCUT2D eigenvalue weighted by molar-refractivity contribution is 5.96. The number of rotatable bonds is 4. The van der Waals surface area contributed by atoms with Gasteiger partial charge >= 0.3 is 5.97 Å². The van der Waals surface area contributed by atoms with E-state index in [1.54, 1.807) is 36.4 Å². The minimum atomic E-state index is -0.832. The standard InChI is InChI=1S/C15H14N2O3/c1-20-15(19)13(11-5-3-2-4-6-11)17-14(18)12-7-9-16-10-8-12/h2-10,13H,1H3,(H,17,18). The van der Waals surface area contributed by atoms with Gasteiger partial charge in [0.15, 0.2) is 6.04 Å². The molecule has 1 N–H and O–H groups in total. The van der Waals surface area contributed by atoms with Gasteiger partial charge in [-0.3, -0.25) is 9.78 Å². The van der Waals surface area contributed by atoms with Crippen LogP contribution >= 0.6 is 0 Å². The summed E-state index contributed by atoms with van der Waals surface area (Å²) in [7, 11) is 1.29. The van der Waals surface area contributed by atoms with E-state index < -0.39 is 12.0 Å². The molecule has 1 amide bonds. The molecular weight excluding hydrogens is 256 g/mol. The highest BCUT2D eigenvalue weighted by atomic mass is 16.5. The number of hydrogen-bond donors (Lipinski definition) is 1. The predicted octanol–water partition coefficient (Wildman–Crippen LogP) is 1.73. The van der Waals surface area contributed by atoms with Crippen molar-refractivity contribution in [1.82, 2.24) is 10.3 Å². The summed E-state index contributed by atoms with van der Waals surface area (Å²) in [5.74, 6) is -0.870. The number of carbonyl (C=O) groups excluding carboxylic acids is 2. The first-order valence-electron chi connectivity index (χ1n) is 6.06. The zero-order chi connectivity index (χ0) is 14.4. The average molecular weight is 270 g/mol. The summed E-state index contributed by atoms with van der Waals surface area (Å²) in [5, 5.41) is 2.66. The molecule has 102 valence electrons. The van der Waals surface area contributed by atoms with Crippen LogP contribution in [0.5, 0.6) is 0 Å². The molecule has 1 atom stereocenters. The summed E-state index contributed by atoms with van der Waals surface area (Å²) in [6.07, 6.45) is 3.04.